The molecule has 0 aliphatic carbocycles. The van der Waals surface area contributed by atoms with Crippen molar-refractivity contribution in [2.45, 2.75) is 58.2 Å². The molecule has 1 heterocycles. The second kappa shape index (κ2) is 7.29. The van der Waals surface area contributed by atoms with Crippen molar-refractivity contribution in [2.75, 3.05) is 0 Å². The average molecular weight is 419 g/mol. The first-order valence-corrected chi connectivity index (χ1v) is 10.1. The summed E-state index contributed by atoms with van der Waals surface area (Å²) in [5.41, 5.74) is 1.35. The van der Waals surface area contributed by atoms with E-state index in [-0.39, 0.29) is 11.6 Å². The Labute approximate surface area is 176 Å². The minimum absolute atomic E-state index is 0.208. The number of rotatable bonds is 3. The fourth-order valence-corrected chi connectivity index (χ4v) is 4.33. The predicted molar refractivity (Wildman–Crippen MR) is 113 cm³/mol. The highest BCUT2D eigenvalue weighted by atomic mass is 35.5. The highest BCUT2D eigenvalue weighted by molar-refractivity contribution is 6.43. The van der Waals surface area contributed by atoms with E-state index in [2.05, 4.69) is 0 Å². The lowest BCUT2D eigenvalue weighted by molar-refractivity contribution is -0.184. The molecule has 0 aromatic heterocycles. The number of carbonyl (C=O) groups is 2. The van der Waals surface area contributed by atoms with Crippen molar-refractivity contribution < 1.29 is 14.3 Å². The summed E-state index contributed by atoms with van der Waals surface area (Å²) in [4.78, 5) is 26.2. The van der Waals surface area contributed by atoms with Gasteiger partial charge in [-0.1, -0.05) is 60.5 Å². The van der Waals surface area contributed by atoms with Crippen LogP contribution in [0.4, 0.5) is 0 Å². The molecule has 0 radical (unpaired) electrons. The van der Waals surface area contributed by atoms with Crippen LogP contribution in [0.15, 0.2) is 36.4 Å². The third-order valence-electron chi connectivity index (χ3n) is 5.32. The maximum absolute atomic E-state index is 13.1. The fraction of sp³-hybridized carbons (Fsp3) is 0.391. The molecule has 1 fully saturated rings. The topological polar surface area (TPSA) is 43.4 Å². The van der Waals surface area contributed by atoms with Gasteiger partial charge in [0.25, 0.3) is 0 Å². The molecule has 148 valence electrons. The van der Waals surface area contributed by atoms with Gasteiger partial charge in [0.05, 0.1) is 10.0 Å². The maximum Gasteiger partial charge on any atom is 0.179 e. The quantitative estimate of drug-likeness (QED) is 0.571. The molecule has 0 spiro atoms. The molecule has 3 rings (SSSR count). The van der Waals surface area contributed by atoms with Gasteiger partial charge >= 0.3 is 0 Å². The van der Waals surface area contributed by atoms with E-state index in [1.807, 2.05) is 37.3 Å². The number of benzene rings is 2. The molecule has 0 bridgehead atoms. The Morgan fingerprint density at radius 1 is 0.964 bits per heavy atom. The van der Waals surface area contributed by atoms with Crippen molar-refractivity contribution in [3.63, 3.8) is 0 Å². The lowest BCUT2D eigenvalue weighted by Gasteiger charge is -2.43. The molecule has 2 aromatic rings. The monoisotopic (exact) mass is 418 g/mol. The lowest BCUT2D eigenvalue weighted by atomic mass is 9.73. The molecule has 28 heavy (non-hydrogen) atoms. The van der Waals surface area contributed by atoms with Gasteiger partial charge in [0, 0.05) is 5.56 Å². The van der Waals surface area contributed by atoms with E-state index in [4.69, 9.17) is 27.9 Å². The van der Waals surface area contributed by atoms with E-state index in [1.165, 1.54) is 0 Å². The number of halogens is 2. The Morgan fingerprint density at radius 2 is 1.57 bits per heavy atom. The number of ketones is 2. The summed E-state index contributed by atoms with van der Waals surface area (Å²) in [6.07, 6.45) is 0.681. The Hall–Kier alpha value is -1.68. The summed E-state index contributed by atoms with van der Waals surface area (Å²) in [6.45, 7) is 8.90. The smallest absolute Gasteiger partial charge is 0.179 e. The molecule has 0 unspecified atom stereocenters. The minimum atomic E-state index is -1.03. The molecule has 0 N–H and O–H groups in total. The summed E-state index contributed by atoms with van der Waals surface area (Å²) in [7, 11) is 0. The Morgan fingerprint density at radius 3 is 2.14 bits per heavy atom. The normalized spacial score (nSPS) is 19.1. The summed E-state index contributed by atoms with van der Waals surface area (Å²) in [5, 5.41) is 0.971. The van der Waals surface area contributed by atoms with E-state index in [1.54, 1.807) is 33.8 Å². The van der Waals surface area contributed by atoms with Gasteiger partial charge in [-0.2, -0.15) is 0 Å². The zero-order valence-corrected chi connectivity index (χ0v) is 18.2. The molecular formula is C23H24Cl2O3. The number of hydrogen-bond acceptors (Lipinski definition) is 3. The van der Waals surface area contributed by atoms with Crippen LogP contribution in [0, 0.1) is 0 Å². The average Bonchev–Trinajstić information content (AvgIpc) is 2.62. The van der Waals surface area contributed by atoms with E-state index >= 15 is 0 Å². The highest BCUT2D eigenvalue weighted by Gasteiger charge is 2.53. The second-order valence-electron chi connectivity index (χ2n) is 8.15. The van der Waals surface area contributed by atoms with E-state index in [0.717, 1.165) is 22.3 Å². The zero-order chi connectivity index (χ0) is 20.9. The molecule has 0 amide bonds. The molecule has 3 nitrogen and oxygen atoms in total. The first-order chi connectivity index (χ1) is 13.0. The number of Topliss-reactive ketones (excluding diaryl/α,β-unsaturated/α-hetero) is 2. The lowest BCUT2D eigenvalue weighted by Crippen LogP contribution is -2.58. The van der Waals surface area contributed by atoms with Gasteiger partial charge in [0.15, 0.2) is 11.6 Å². The molecular weight excluding hydrogens is 395 g/mol. The third-order valence-corrected chi connectivity index (χ3v) is 6.14. The Kier molecular flexibility index (Phi) is 5.48. The summed E-state index contributed by atoms with van der Waals surface area (Å²) >= 11 is 12.5. The van der Waals surface area contributed by atoms with Gasteiger partial charge in [0.2, 0.25) is 0 Å². The van der Waals surface area contributed by atoms with Crippen molar-refractivity contribution in [3.8, 4) is 11.1 Å². The number of aryl methyl sites for hydroxylation is 1. The maximum atomic E-state index is 13.1. The van der Waals surface area contributed by atoms with Crippen LogP contribution in [0.2, 0.25) is 10.0 Å². The highest BCUT2D eigenvalue weighted by Crippen LogP contribution is 2.41. The van der Waals surface area contributed by atoms with E-state index in [9.17, 15) is 9.59 Å². The van der Waals surface area contributed by atoms with Gasteiger partial charge in [-0.3, -0.25) is 9.59 Å². The van der Waals surface area contributed by atoms with Gasteiger partial charge in [-0.15, -0.1) is 0 Å². The third kappa shape index (κ3) is 3.52. The van der Waals surface area contributed by atoms with Crippen LogP contribution < -0.4 is 0 Å². The summed E-state index contributed by atoms with van der Waals surface area (Å²) in [6, 6.07) is 11.2. The van der Waals surface area contributed by atoms with Crippen LogP contribution in [-0.2, 0) is 20.7 Å². The SMILES string of the molecule is CCc1cc(-c2cccc(Cl)c2Cl)ccc1C1C(=O)C(C)(C)OC(C)(C)C1=O. The largest absolute Gasteiger partial charge is 0.354 e. The molecule has 5 heteroatoms. The Bertz CT molecular complexity index is 934. The van der Waals surface area contributed by atoms with Crippen LogP contribution in [-0.4, -0.2) is 22.8 Å². The first kappa shape index (κ1) is 21.0. The van der Waals surface area contributed by atoms with Gasteiger partial charge in [0.1, 0.15) is 17.1 Å². The van der Waals surface area contributed by atoms with E-state index in [0.29, 0.717) is 16.5 Å². The van der Waals surface area contributed by atoms with Crippen molar-refractivity contribution in [3.05, 3.63) is 57.6 Å². The second-order valence-corrected chi connectivity index (χ2v) is 8.94. The van der Waals surface area contributed by atoms with E-state index < -0.39 is 17.1 Å². The van der Waals surface area contributed by atoms with Gasteiger partial charge in [-0.25, -0.2) is 0 Å². The number of hydrogen-bond donors (Lipinski definition) is 0. The minimum Gasteiger partial charge on any atom is -0.354 e. The van der Waals surface area contributed by atoms with Crippen molar-refractivity contribution >= 4 is 34.8 Å². The van der Waals surface area contributed by atoms with Crippen LogP contribution in [0.5, 0.6) is 0 Å². The standard InChI is InChI=1S/C23H24Cl2O3/c1-6-13-12-14(16-8-7-9-17(24)19(16)25)10-11-15(13)18-20(26)22(2,3)28-23(4,5)21(18)27/h7-12,18H,6H2,1-5H3. The summed E-state index contributed by atoms with van der Waals surface area (Å²) in [5.74, 6) is -1.25. The predicted octanol–water partition coefficient (Wildman–Crippen LogP) is 6.03. The van der Waals surface area contributed by atoms with Crippen molar-refractivity contribution in [2.24, 2.45) is 0 Å². The molecule has 0 saturated carbocycles. The van der Waals surface area contributed by atoms with Crippen molar-refractivity contribution in [1.82, 2.24) is 0 Å². The number of carbonyl (C=O) groups excluding carboxylic acids is 2. The molecule has 1 aliphatic heterocycles. The fourth-order valence-electron chi connectivity index (χ4n) is 3.92. The van der Waals surface area contributed by atoms with Crippen LogP contribution in [0.1, 0.15) is 51.7 Å². The molecule has 0 atom stereocenters. The van der Waals surface area contributed by atoms with Crippen molar-refractivity contribution in [1.29, 1.82) is 0 Å². The molecule has 1 saturated heterocycles. The number of ether oxygens (including phenoxy) is 1. The van der Waals surface area contributed by atoms with Crippen LogP contribution in [0.3, 0.4) is 0 Å². The van der Waals surface area contributed by atoms with Crippen LogP contribution in [0.25, 0.3) is 11.1 Å². The Balaban J connectivity index is 2.13. The summed E-state index contributed by atoms with van der Waals surface area (Å²) < 4.78 is 5.80. The van der Waals surface area contributed by atoms with Gasteiger partial charge < -0.3 is 4.74 Å². The molecule has 2 aromatic carbocycles. The van der Waals surface area contributed by atoms with Gasteiger partial charge in [-0.05, 0) is 56.9 Å². The molecule has 1 aliphatic rings. The zero-order valence-electron chi connectivity index (χ0n) is 16.7. The first-order valence-electron chi connectivity index (χ1n) is 9.35. The van der Waals surface area contributed by atoms with Crippen LogP contribution >= 0.6 is 23.2 Å².